The summed E-state index contributed by atoms with van der Waals surface area (Å²) in [6, 6.07) is 38.9. The number of nitrogens with one attached hydrogen (secondary N) is 1. The van der Waals surface area contributed by atoms with E-state index in [1.54, 1.807) is 0 Å². The molecule has 6 heteroatoms. The van der Waals surface area contributed by atoms with Gasteiger partial charge in [0.05, 0.1) is 10.7 Å². The highest BCUT2D eigenvalue weighted by Crippen LogP contribution is 2.48. The zero-order chi connectivity index (χ0) is 26.8. The highest BCUT2D eigenvalue weighted by Gasteiger charge is 2.38. The summed E-state index contributed by atoms with van der Waals surface area (Å²) in [7, 11) is 0. The second-order valence-corrected chi connectivity index (χ2v) is 10.7. The molecule has 0 aliphatic heterocycles. The van der Waals surface area contributed by atoms with Crippen LogP contribution in [0, 0.1) is 5.92 Å². The van der Waals surface area contributed by atoms with Crippen molar-refractivity contribution in [2.75, 3.05) is 11.5 Å². The Kier molecular flexibility index (Phi) is 9.68. The first kappa shape index (κ1) is 27.6. The number of benzene rings is 4. The second kappa shape index (κ2) is 13.4. The molecule has 1 unspecified atom stereocenters. The van der Waals surface area contributed by atoms with Crippen molar-refractivity contribution in [3.05, 3.63) is 144 Å². The Morgan fingerprint density at radius 2 is 1.16 bits per heavy atom. The number of hydrogen-bond donors (Lipinski definition) is 3. The molecule has 38 heavy (non-hydrogen) atoms. The summed E-state index contributed by atoms with van der Waals surface area (Å²) in [5.74, 6) is -1.31. The third-order valence-corrected chi connectivity index (χ3v) is 8.62. The van der Waals surface area contributed by atoms with Gasteiger partial charge in [0.2, 0.25) is 5.91 Å². The van der Waals surface area contributed by atoms with Crippen LogP contribution in [0.15, 0.2) is 121 Å². The summed E-state index contributed by atoms with van der Waals surface area (Å²) in [6.45, 7) is 0. The fourth-order valence-corrected chi connectivity index (χ4v) is 6.43. The first-order valence-corrected chi connectivity index (χ1v) is 14.1. The summed E-state index contributed by atoms with van der Waals surface area (Å²) in [4.78, 5) is 25.6. The van der Waals surface area contributed by atoms with Crippen molar-refractivity contribution >= 4 is 36.3 Å². The molecule has 0 spiro atoms. The number of thiol groups is 1. The highest BCUT2D eigenvalue weighted by molar-refractivity contribution is 8.00. The summed E-state index contributed by atoms with van der Waals surface area (Å²) >= 11 is 5.90. The van der Waals surface area contributed by atoms with Crippen LogP contribution in [0.3, 0.4) is 0 Å². The molecule has 4 rings (SSSR count). The van der Waals surface area contributed by atoms with Gasteiger partial charge in [-0.3, -0.25) is 4.79 Å². The molecule has 0 radical (unpaired) electrons. The molecule has 0 aliphatic carbocycles. The van der Waals surface area contributed by atoms with E-state index in [0.29, 0.717) is 12.2 Å². The van der Waals surface area contributed by atoms with Gasteiger partial charge in [-0.2, -0.15) is 12.6 Å². The van der Waals surface area contributed by atoms with Gasteiger partial charge in [0, 0.05) is 11.5 Å². The zero-order valence-corrected chi connectivity index (χ0v) is 22.7. The van der Waals surface area contributed by atoms with Gasteiger partial charge in [0.15, 0.2) is 0 Å². The lowest BCUT2D eigenvalue weighted by Gasteiger charge is -2.36. The lowest BCUT2D eigenvalue weighted by Crippen LogP contribution is -2.46. The Morgan fingerprint density at radius 1 is 0.737 bits per heavy atom. The first-order valence-electron chi connectivity index (χ1n) is 12.5. The van der Waals surface area contributed by atoms with Gasteiger partial charge < -0.3 is 10.4 Å². The largest absolute Gasteiger partial charge is 0.480 e. The van der Waals surface area contributed by atoms with E-state index in [0.717, 1.165) is 22.3 Å². The number of thioether (sulfide) groups is 1. The number of carboxylic acid groups (broad SMARTS) is 1. The average molecular weight is 542 g/mol. The van der Waals surface area contributed by atoms with E-state index < -0.39 is 22.7 Å². The van der Waals surface area contributed by atoms with Crippen molar-refractivity contribution in [3.63, 3.8) is 0 Å². The summed E-state index contributed by atoms with van der Waals surface area (Å²) < 4.78 is -0.671. The predicted octanol–water partition coefficient (Wildman–Crippen LogP) is 6.07. The van der Waals surface area contributed by atoms with Crippen LogP contribution in [0.2, 0.25) is 0 Å². The third kappa shape index (κ3) is 6.50. The molecule has 4 aromatic carbocycles. The number of rotatable bonds is 12. The van der Waals surface area contributed by atoms with Crippen molar-refractivity contribution in [1.29, 1.82) is 0 Å². The molecule has 0 aromatic heterocycles. The van der Waals surface area contributed by atoms with E-state index in [1.165, 1.54) is 11.8 Å². The number of amides is 1. The zero-order valence-electron chi connectivity index (χ0n) is 20.9. The molecule has 194 valence electrons. The quantitative estimate of drug-likeness (QED) is 0.150. The summed E-state index contributed by atoms with van der Waals surface area (Å²) in [6.07, 6.45) is 0.498. The van der Waals surface area contributed by atoms with Gasteiger partial charge in [0.25, 0.3) is 0 Å². The number of aliphatic carboxylic acids is 1. The molecule has 0 aliphatic rings. The molecule has 4 nitrogen and oxygen atoms in total. The highest BCUT2D eigenvalue weighted by atomic mass is 32.2. The molecule has 0 saturated heterocycles. The molecule has 2 N–H and O–H groups in total. The van der Waals surface area contributed by atoms with Crippen LogP contribution >= 0.6 is 24.4 Å². The van der Waals surface area contributed by atoms with Gasteiger partial charge in [0.1, 0.15) is 6.04 Å². The van der Waals surface area contributed by atoms with Gasteiger partial charge in [-0.15, -0.1) is 11.8 Å². The standard InChI is InChI=1S/C32H31NO3S2/c34-30(25(22-37)21-24-13-5-1-6-14-24)33-29(31(35)36)23-38-32(26-15-7-2-8-16-26,27-17-9-3-10-18-27)28-19-11-4-12-20-28/h1-20,25,29,37H,21-23H2,(H,33,34)(H,35,36)/t25?,29-/m0/s1. The third-order valence-electron chi connectivity index (χ3n) is 6.54. The van der Waals surface area contributed by atoms with Gasteiger partial charge >= 0.3 is 5.97 Å². The Balaban J connectivity index is 1.64. The van der Waals surface area contributed by atoms with Crippen molar-refractivity contribution < 1.29 is 14.7 Å². The fraction of sp³-hybridized carbons (Fsp3) is 0.188. The number of carbonyl (C=O) groups excluding carboxylic acids is 1. The predicted molar refractivity (Wildman–Crippen MR) is 159 cm³/mol. The number of carbonyl (C=O) groups is 2. The van der Waals surface area contributed by atoms with Crippen molar-refractivity contribution in [2.45, 2.75) is 17.2 Å². The van der Waals surface area contributed by atoms with E-state index >= 15 is 0 Å². The SMILES string of the molecule is O=C(N[C@@H](CSC(c1ccccc1)(c1ccccc1)c1ccccc1)C(=O)O)C(CS)Cc1ccccc1. The molecule has 0 fully saturated rings. The maximum absolute atomic E-state index is 13.2. The Labute approximate surface area is 233 Å². The molecule has 1 amide bonds. The van der Waals surface area contributed by atoms with Gasteiger partial charge in [-0.1, -0.05) is 121 Å². The molecular weight excluding hydrogens is 510 g/mol. The first-order chi connectivity index (χ1) is 18.5. The Hall–Kier alpha value is -3.48. The molecule has 2 atom stereocenters. The number of hydrogen-bond acceptors (Lipinski definition) is 4. The van der Waals surface area contributed by atoms with Crippen LogP contribution in [0.4, 0.5) is 0 Å². The average Bonchev–Trinajstić information content (AvgIpc) is 2.97. The minimum Gasteiger partial charge on any atom is -0.480 e. The molecule has 0 heterocycles. The van der Waals surface area contributed by atoms with Crippen LogP contribution in [0.25, 0.3) is 0 Å². The van der Waals surface area contributed by atoms with Crippen LogP contribution < -0.4 is 5.32 Å². The minimum absolute atomic E-state index is 0.171. The van der Waals surface area contributed by atoms with Crippen LogP contribution in [0.5, 0.6) is 0 Å². The molecular formula is C32H31NO3S2. The topological polar surface area (TPSA) is 66.4 Å². The maximum Gasteiger partial charge on any atom is 0.327 e. The van der Waals surface area contributed by atoms with Crippen LogP contribution in [-0.4, -0.2) is 34.5 Å². The summed E-state index contributed by atoms with van der Waals surface area (Å²) in [5, 5.41) is 12.9. The second-order valence-electron chi connectivity index (χ2n) is 9.06. The van der Waals surface area contributed by atoms with E-state index in [2.05, 4.69) is 54.3 Å². The number of carboxylic acids is 1. The lowest BCUT2D eigenvalue weighted by atomic mass is 9.84. The molecule has 0 saturated carbocycles. The Bertz CT molecular complexity index is 1210. The van der Waals surface area contributed by atoms with E-state index in [9.17, 15) is 14.7 Å². The normalized spacial score (nSPS) is 12.9. The summed E-state index contributed by atoms with van der Waals surface area (Å²) in [5.41, 5.74) is 4.12. The van der Waals surface area contributed by atoms with Gasteiger partial charge in [-0.25, -0.2) is 4.79 Å². The van der Waals surface area contributed by atoms with Crippen LogP contribution in [0.1, 0.15) is 22.3 Å². The Morgan fingerprint density at radius 3 is 1.55 bits per heavy atom. The van der Waals surface area contributed by atoms with Crippen LogP contribution in [-0.2, 0) is 20.8 Å². The van der Waals surface area contributed by atoms with Crippen molar-refractivity contribution in [2.24, 2.45) is 5.92 Å². The fourth-order valence-electron chi connectivity index (χ4n) is 4.58. The molecule has 4 aromatic rings. The van der Waals surface area contributed by atoms with Crippen molar-refractivity contribution in [3.8, 4) is 0 Å². The van der Waals surface area contributed by atoms with E-state index in [1.807, 2.05) is 84.9 Å². The van der Waals surface area contributed by atoms with Crippen molar-refractivity contribution in [1.82, 2.24) is 5.32 Å². The minimum atomic E-state index is -1.07. The van der Waals surface area contributed by atoms with Gasteiger partial charge in [-0.05, 0) is 28.7 Å². The molecule has 0 bridgehead atoms. The van der Waals surface area contributed by atoms with E-state index in [4.69, 9.17) is 0 Å². The smallest absolute Gasteiger partial charge is 0.327 e. The van der Waals surface area contributed by atoms with E-state index in [-0.39, 0.29) is 11.7 Å². The maximum atomic E-state index is 13.2. The lowest BCUT2D eigenvalue weighted by molar-refractivity contribution is -0.141. The monoisotopic (exact) mass is 541 g/mol.